The molecule has 0 spiro atoms. The number of carbonyl (C=O) groups excluding carboxylic acids is 1. The van der Waals surface area contributed by atoms with E-state index in [-0.39, 0.29) is 6.04 Å². The van der Waals surface area contributed by atoms with Crippen LogP contribution in [-0.4, -0.2) is 19.4 Å². The molecule has 0 unspecified atom stereocenters. The summed E-state index contributed by atoms with van der Waals surface area (Å²) < 4.78 is 0. The Balaban J connectivity index is 3.21. The van der Waals surface area contributed by atoms with E-state index < -0.39 is 0 Å². The normalized spacial score (nSPS) is 13.2. The van der Waals surface area contributed by atoms with E-state index in [1.807, 2.05) is 0 Å². The minimum absolute atomic E-state index is 0.0694. The highest BCUT2D eigenvalue weighted by atomic mass is 16.1. The van der Waals surface area contributed by atoms with Gasteiger partial charge in [-0.05, 0) is 13.5 Å². The van der Waals surface area contributed by atoms with Gasteiger partial charge in [-0.3, -0.25) is 0 Å². The van der Waals surface area contributed by atoms with E-state index in [0.29, 0.717) is 0 Å². The second kappa shape index (κ2) is 4.78. The second-order valence-electron chi connectivity index (χ2n) is 1.82. The summed E-state index contributed by atoms with van der Waals surface area (Å²) in [4.78, 5) is 10.1. The van der Waals surface area contributed by atoms with Gasteiger partial charge >= 0.3 is 0 Å². The Morgan fingerprint density at radius 1 is 1.75 bits per heavy atom. The first-order valence-electron chi connectivity index (χ1n) is 2.97. The summed E-state index contributed by atoms with van der Waals surface area (Å²) in [6, 6.07) is 0.0694. The van der Waals surface area contributed by atoms with E-state index >= 15 is 0 Å². The van der Waals surface area contributed by atoms with Crippen LogP contribution in [-0.2, 0) is 4.79 Å². The van der Waals surface area contributed by atoms with Crippen molar-refractivity contribution in [3.05, 3.63) is 0 Å². The first-order valence-corrected chi connectivity index (χ1v) is 2.97. The van der Waals surface area contributed by atoms with Crippen molar-refractivity contribution in [1.82, 2.24) is 5.32 Å². The summed E-state index contributed by atoms with van der Waals surface area (Å²) in [5.74, 6) is 0. The van der Waals surface area contributed by atoms with Gasteiger partial charge in [0.2, 0.25) is 0 Å². The monoisotopic (exact) mass is 115 g/mol. The van der Waals surface area contributed by atoms with Gasteiger partial charge in [0.15, 0.2) is 0 Å². The maximum atomic E-state index is 10.1. The smallest absolute Gasteiger partial charge is 0.136 e. The molecule has 0 aromatic carbocycles. The lowest BCUT2D eigenvalue weighted by atomic mass is 10.2. The summed E-state index contributed by atoms with van der Waals surface area (Å²) in [6.07, 6.45) is 2.95. The highest BCUT2D eigenvalue weighted by Gasteiger charge is 1.98. The van der Waals surface area contributed by atoms with Crippen LogP contribution < -0.4 is 5.32 Å². The Morgan fingerprint density at radius 3 is 2.50 bits per heavy atom. The number of nitrogens with one attached hydrogen (secondary N) is 1. The Hall–Kier alpha value is -0.370. The molecule has 2 nitrogen and oxygen atoms in total. The van der Waals surface area contributed by atoms with Gasteiger partial charge in [-0.25, -0.2) is 0 Å². The molecule has 0 saturated carbocycles. The molecule has 0 aliphatic heterocycles. The molecule has 0 heterocycles. The van der Waals surface area contributed by atoms with Crippen LogP contribution in [0.4, 0.5) is 0 Å². The Kier molecular flexibility index (Phi) is 4.56. The number of carbonyl (C=O) groups is 1. The molecule has 0 radical (unpaired) electrons. The highest BCUT2D eigenvalue weighted by Crippen LogP contribution is 1.90. The van der Waals surface area contributed by atoms with E-state index in [1.165, 1.54) is 0 Å². The van der Waals surface area contributed by atoms with Crippen molar-refractivity contribution in [2.75, 3.05) is 7.05 Å². The summed E-state index contributed by atoms with van der Waals surface area (Å²) in [5.41, 5.74) is 0. The third kappa shape index (κ3) is 2.75. The molecule has 1 N–H and O–H groups in total. The summed E-state index contributed by atoms with van der Waals surface area (Å²) in [7, 11) is 1.80. The Morgan fingerprint density at radius 2 is 2.38 bits per heavy atom. The highest BCUT2D eigenvalue weighted by molar-refractivity contribution is 5.57. The molecule has 0 aromatic heterocycles. The maximum absolute atomic E-state index is 10.1. The zero-order valence-corrected chi connectivity index (χ0v) is 5.48. The van der Waals surface area contributed by atoms with Gasteiger partial charge in [-0.2, -0.15) is 0 Å². The summed E-state index contributed by atoms with van der Waals surface area (Å²) >= 11 is 0. The molecular formula is C6H13NO. The third-order valence-electron chi connectivity index (χ3n) is 1.13. The van der Waals surface area contributed by atoms with Gasteiger partial charge in [0.05, 0.1) is 6.04 Å². The number of rotatable bonds is 4. The molecule has 48 valence electrons. The van der Waals surface area contributed by atoms with Crippen molar-refractivity contribution in [3.63, 3.8) is 0 Å². The second-order valence-corrected chi connectivity index (χ2v) is 1.82. The molecule has 0 aliphatic carbocycles. The number of likely N-dealkylation sites (N-methyl/N-ethyl adjacent to an activating group) is 1. The first-order chi connectivity index (χ1) is 3.85. The number of aldehydes is 1. The van der Waals surface area contributed by atoms with Gasteiger partial charge in [0, 0.05) is 0 Å². The minimum atomic E-state index is 0.0694. The lowest BCUT2D eigenvalue weighted by molar-refractivity contribution is -0.109. The van der Waals surface area contributed by atoms with Crippen molar-refractivity contribution in [2.45, 2.75) is 25.8 Å². The van der Waals surface area contributed by atoms with E-state index in [4.69, 9.17) is 0 Å². The number of hydrogen-bond acceptors (Lipinski definition) is 2. The Labute approximate surface area is 50.3 Å². The molecule has 1 atom stereocenters. The van der Waals surface area contributed by atoms with Crippen LogP contribution in [0.3, 0.4) is 0 Å². The van der Waals surface area contributed by atoms with Crippen molar-refractivity contribution in [1.29, 1.82) is 0 Å². The predicted octanol–water partition coefficient (Wildman–Crippen LogP) is 0.573. The fourth-order valence-corrected chi connectivity index (χ4v) is 0.591. The first kappa shape index (κ1) is 7.63. The van der Waals surface area contributed by atoms with E-state index in [9.17, 15) is 4.79 Å². The molecule has 0 saturated heterocycles. The zero-order valence-electron chi connectivity index (χ0n) is 5.48. The standard InChI is InChI=1S/C6H13NO/c1-3-4-6(5-8)7-2/h5-7H,3-4H2,1-2H3/t6-/m0/s1. The van der Waals surface area contributed by atoms with E-state index in [2.05, 4.69) is 12.2 Å². The molecule has 0 aliphatic rings. The van der Waals surface area contributed by atoms with Crippen LogP contribution in [0.5, 0.6) is 0 Å². The average Bonchev–Trinajstić information content (AvgIpc) is 1.83. The fraction of sp³-hybridized carbons (Fsp3) is 0.833. The molecule has 0 fully saturated rings. The minimum Gasteiger partial charge on any atom is -0.311 e. The van der Waals surface area contributed by atoms with Crippen LogP contribution in [0.2, 0.25) is 0 Å². The molecule has 8 heavy (non-hydrogen) atoms. The topological polar surface area (TPSA) is 29.1 Å². The van der Waals surface area contributed by atoms with Gasteiger partial charge < -0.3 is 10.1 Å². The fourth-order valence-electron chi connectivity index (χ4n) is 0.591. The predicted molar refractivity (Wildman–Crippen MR) is 33.8 cm³/mol. The SMILES string of the molecule is CCC[C@@H](C=O)NC. The van der Waals surface area contributed by atoms with Crippen molar-refractivity contribution in [2.24, 2.45) is 0 Å². The van der Waals surface area contributed by atoms with Gasteiger partial charge in [-0.1, -0.05) is 13.3 Å². The molecule has 0 rings (SSSR count). The van der Waals surface area contributed by atoms with Crippen LogP contribution in [0.25, 0.3) is 0 Å². The van der Waals surface area contributed by atoms with E-state index in [0.717, 1.165) is 19.1 Å². The van der Waals surface area contributed by atoms with Crippen LogP contribution in [0.1, 0.15) is 19.8 Å². The summed E-state index contributed by atoms with van der Waals surface area (Å²) in [6.45, 7) is 2.06. The molecular weight excluding hydrogens is 102 g/mol. The molecule has 2 heteroatoms. The van der Waals surface area contributed by atoms with Gasteiger partial charge in [0.1, 0.15) is 6.29 Å². The van der Waals surface area contributed by atoms with Crippen LogP contribution >= 0.6 is 0 Å². The third-order valence-corrected chi connectivity index (χ3v) is 1.13. The van der Waals surface area contributed by atoms with Crippen LogP contribution in [0, 0.1) is 0 Å². The van der Waals surface area contributed by atoms with Gasteiger partial charge in [-0.15, -0.1) is 0 Å². The van der Waals surface area contributed by atoms with Crippen LogP contribution in [0.15, 0.2) is 0 Å². The maximum Gasteiger partial charge on any atom is 0.136 e. The zero-order chi connectivity index (χ0) is 6.41. The van der Waals surface area contributed by atoms with E-state index in [1.54, 1.807) is 7.05 Å². The molecule has 0 amide bonds. The lowest BCUT2D eigenvalue weighted by Crippen LogP contribution is -2.25. The van der Waals surface area contributed by atoms with Crippen molar-refractivity contribution in [3.8, 4) is 0 Å². The molecule has 0 aromatic rings. The summed E-state index contributed by atoms with van der Waals surface area (Å²) in [5, 5.41) is 2.88. The molecule has 0 bridgehead atoms. The van der Waals surface area contributed by atoms with Crippen molar-refractivity contribution < 1.29 is 4.79 Å². The number of hydrogen-bond donors (Lipinski definition) is 1. The van der Waals surface area contributed by atoms with Crippen molar-refractivity contribution >= 4 is 6.29 Å². The largest absolute Gasteiger partial charge is 0.311 e. The average molecular weight is 115 g/mol. The quantitative estimate of drug-likeness (QED) is 0.543. The lowest BCUT2D eigenvalue weighted by Gasteiger charge is -2.03. The van der Waals surface area contributed by atoms with Gasteiger partial charge in [0.25, 0.3) is 0 Å². The Bertz CT molecular complexity index is 63.5.